The Morgan fingerprint density at radius 1 is 1.35 bits per heavy atom. The van der Waals surface area contributed by atoms with Gasteiger partial charge in [-0.15, -0.1) is 0 Å². The lowest BCUT2D eigenvalue weighted by Crippen LogP contribution is -2.33. The Morgan fingerprint density at radius 2 is 2.05 bits per heavy atom. The van der Waals surface area contributed by atoms with Crippen LogP contribution >= 0.6 is 0 Å². The van der Waals surface area contributed by atoms with Crippen molar-refractivity contribution in [2.45, 2.75) is 52.2 Å². The van der Waals surface area contributed by atoms with Gasteiger partial charge in [-0.25, -0.2) is 9.78 Å². The minimum atomic E-state index is -0.415. The van der Waals surface area contributed by atoms with Gasteiger partial charge in [0.25, 0.3) is 5.56 Å². The van der Waals surface area contributed by atoms with Crippen molar-refractivity contribution in [3.05, 3.63) is 27.2 Å². The number of nitrogens with zero attached hydrogens (tertiary/aromatic N) is 3. The number of aromatic amines is 1. The number of nitrogens with one attached hydrogen (secondary N) is 1. The molecule has 0 saturated carbocycles. The molecular weight excluding hydrogens is 258 g/mol. The highest BCUT2D eigenvalue weighted by molar-refractivity contribution is 5.70. The molecule has 2 heterocycles. The van der Waals surface area contributed by atoms with E-state index >= 15 is 0 Å². The van der Waals surface area contributed by atoms with Gasteiger partial charge in [-0.3, -0.25) is 14.3 Å². The molecule has 7 heteroatoms. The fraction of sp³-hybridized carbons (Fsp3) is 0.615. The predicted octanol–water partition coefficient (Wildman–Crippen LogP) is 0.595. The largest absolute Gasteiger partial charge is 0.330 e. The Kier molecular flexibility index (Phi) is 4.08. The second-order valence-corrected chi connectivity index (χ2v) is 5.12. The first-order valence-electron chi connectivity index (χ1n) is 6.94. The maximum Gasteiger partial charge on any atom is 0.330 e. The van der Waals surface area contributed by atoms with Crippen molar-refractivity contribution in [1.29, 1.82) is 0 Å². The second-order valence-electron chi connectivity index (χ2n) is 5.12. The fourth-order valence-corrected chi connectivity index (χ4v) is 2.20. The van der Waals surface area contributed by atoms with Crippen molar-refractivity contribution in [3.63, 3.8) is 0 Å². The van der Waals surface area contributed by atoms with Crippen molar-refractivity contribution in [1.82, 2.24) is 19.1 Å². The van der Waals surface area contributed by atoms with Crippen molar-refractivity contribution < 1.29 is 0 Å². The molecule has 2 unspecified atom stereocenters. The van der Waals surface area contributed by atoms with Crippen LogP contribution < -0.4 is 17.0 Å². The number of aromatic nitrogens is 4. The van der Waals surface area contributed by atoms with Gasteiger partial charge in [0, 0.05) is 18.6 Å². The average molecular weight is 279 g/mol. The van der Waals surface area contributed by atoms with Crippen LogP contribution in [0, 0.1) is 0 Å². The van der Waals surface area contributed by atoms with Crippen molar-refractivity contribution in [2.24, 2.45) is 5.73 Å². The molecule has 3 N–H and O–H groups in total. The van der Waals surface area contributed by atoms with E-state index in [-0.39, 0.29) is 12.1 Å². The van der Waals surface area contributed by atoms with E-state index in [4.69, 9.17) is 5.73 Å². The number of hydrogen-bond acceptors (Lipinski definition) is 4. The minimum Gasteiger partial charge on any atom is -0.326 e. The number of hydrogen-bond donors (Lipinski definition) is 2. The van der Waals surface area contributed by atoms with Crippen molar-refractivity contribution in [3.8, 4) is 0 Å². The molecule has 110 valence electrons. The normalized spacial score (nSPS) is 14.6. The first-order chi connectivity index (χ1) is 9.49. The Morgan fingerprint density at radius 3 is 2.65 bits per heavy atom. The smallest absolute Gasteiger partial charge is 0.326 e. The molecule has 0 aromatic carbocycles. The van der Waals surface area contributed by atoms with E-state index < -0.39 is 11.2 Å². The second kappa shape index (κ2) is 5.62. The average Bonchev–Trinajstić information content (AvgIpc) is 2.82. The summed E-state index contributed by atoms with van der Waals surface area (Å²) in [4.78, 5) is 30.6. The molecule has 0 aliphatic heterocycles. The molecule has 0 radical (unpaired) electrons. The minimum absolute atomic E-state index is 0.0231. The summed E-state index contributed by atoms with van der Waals surface area (Å²) in [5.74, 6) is 0. The molecule has 0 bridgehead atoms. The molecule has 2 atom stereocenters. The van der Waals surface area contributed by atoms with Gasteiger partial charge in [0.1, 0.15) is 0 Å². The van der Waals surface area contributed by atoms with Gasteiger partial charge in [-0.1, -0.05) is 13.8 Å². The summed E-state index contributed by atoms with van der Waals surface area (Å²) < 4.78 is 3.26. The van der Waals surface area contributed by atoms with E-state index in [1.165, 1.54) is 4.57 Å². The SMILES string of the molecule is CCC(N)Cn1cnc2c1c(=O)[nH]c(=O)n2C(C)CC. The number of imidazole rings is 1. The maximum absolute atomic E-state index is 12.0. The maximum atomic E-state index is 12.0. The van der Waals surface area contributed by atoms with Crippen LogP contribution in [0.25, 0.3) is 11.2 Å². The lowest BCUT2D eigenvalue weighted by atomic mass is 10.2. The Hall–Kier alpha value is -1.89. The van der Waals surface area contributed by atoms with E-state index in [2.05, 4.69) is 9.97 Å². The molecule has 0 spiro atoms. The fourth-order valence-electron chi connectivity index (χ4n) is 2.20. The predicted molar refractivity (Wildman–Crippen MR) is 77.9 cm³/mol. The molecule has 0 aliphatic carbocycles. The van der Waals surface area contributed by atoms with E-state index in [1.54, 1.807) is 10.9 Å². The summed E-state index contributed by atoms with van der Waals surface area (Å²) in [6.07, 6.45) is 3.17. The van der Waals surface area contributed by atoms with Crippen molar-refractivity contribution in [2.75, 3.05) is 0 Å². The van der Waals surface area contributed by atoms with Gasteiger partial charge in [-0.05, 0) is 19.8 Å². The first-order valence-corrected chi connectivity index (χ1v) is 6.94. The third kappa shape index (κ3) is 2.40. The topological polar surface area (TPSA) is 98.7 Å². The quantitative estimate of drug-likeness (QED) is 0.837. The van der Waals surface area contributed by atoms with Crippen LogP contribution in [-0.2, 0) is 6.54 Å². The molecule has 0 amide bonds. The zero-order valence-corrected chi connectivity index (χ0v) is 12.1. The monoisotopic (exact) mass is 279 g/mol. The summed E-state index contributed by atoms with van der Waals surface area (Å²) in [6.45, 7) is 6.41. The van der Waals surface area contributed by atoms with Gasteiger partial charge in [0.05, 0.1) is 6.33 Å². The van der Waals surface area contributed by atoms with Crippen LogP contribution in [0.1, 0.15) is 39.7 Å². The Labute approximate surface area is 116 Å². The molecule has 7 nitrogen and oxygen atoms in total. The zero-order chi connectivity index (χ0) is 14.9. The third-order valence-electron chi connectivity index (χ3n) is 3.69. The van der Waals surface area contributed by atoms with Gasteiger partial charge in [0.2, 0.25) is 0 Å². The first kappa shape index (κ1) is 14.5. The van der Waals surface area contributed by atoms with Crippen LogP contribution in [-0.4, -0.2) is 25.1 Å². The Bertz CT molecular complexity index is 712. The van der Waals surface area contributed by atoms with Gasteiger partial charge in [-0.2, -0.15) is 0 Å². The highest BCUT2D eigenvalue weighted by Crippen LogP contribution is 2.14. The summed E-state index contributed by atoms with van der Waals surface area (Å²) in [5, 5.41) is 0. The van der Waals surface area contributed by atoms with Crippen molar-refractivity contribution >= 4 is 11.2 Å². The zero-order valence-electron chi connectivity index (χ0n) is 12.1. The van der Waals surface area contributed by atoms with Gasteiger partial charge in [0.15, 0.2) is 11.2 Å². The van der Waals surface area contributed by atoms with Gasteiger partial charge < -0.3 is 10.3 Å². The summed E-state index contributed by atoms with van der Waals surface area (Å²) in [6, 6.07) is -0.0687. The molecule has 0 fully saturated rings. The number of fused-ring (bicyclic) bond motifs is 1. The van der Waals surface area contributed by atoms with E-state index in [9.17, 15) is 9.59 Å². The Balaban J connectivity index is 2.67. The number of H-pyrrole nitrogens is 1. The van der Waals surface area contributed by atoms with E-state index in [0.29, 0.717) is 17.7 Å². The molecule has 2 aromatic rings. The highest BCUT2D eigenvalue weighted by Gasteiger charge is 2.17. The van der Waals surface area contributed by atoms with Crippen LogP contribution in [0.3, 0.4) is 0 Å². The van der Waals surface area contributed by atoms with Crippen LogP contribution in [0.2, 0.25) is 0 Å². The van der Waals surface area contributed by atoms with Crippen LogP contribution in [0.4, 0.5) is 0 Å². The molecule has 2 rings (SSSR count). The van der Waals surface area contributed by atoms with E-state index in [1.807, 2.05) is 20.8 Å². The van der Waals surface area contributed by atoms with Crippen LogP contribution in [0.5, 0.6) is 0 Å². The van der Waals surface area contributed by atoms with E-state index in [0.717, 1.165) is 12.8 Å². The molecular formula is C13H21N5O2. The van der Waals surface area contributed by atoms with Gasteiger partial charge >= 0.3 is 5.69 Å². The lowest BCUT2D eigenvalue weighted by molar-refractivity contribution is 0.516. The molecule has 20 heavy (non-hydrogen) atoms. The lowest BCUT2D eigenvalue weighted by Gasteiger charge is -2.14. The standard InChI is InChI=1S/C13H21N5O2/c1-4-8(3)18-11-10(12(19)16-13(18)20)17(7-15-11)6-9(14)5-2/h7-9H,4-6,14H2,1-3H3,(H,16,19,20). The molecule has 2 aromatic heterocycles. The summed E-state index contributed by atoms with van der Waals surface area (Å²) in [7, 11) is 0. The summed E-state index contributed by atoms with van der Waals surface area (Å²) in [5.41, 5.74) is 5.94. The molecule has 0 aliphatic rings. The number of rotatable bonds is 5. The highest BCUT2D eigenvalue weighted by atomic mass is 16.2. The third-order valence-corrected chi connectivity index (χ3v) is 3.69. The van der Waals surface area contributed by atoms with Crippen LogP contribution in [0.15, 0.2) is 15.9 Å². The number of nitrogens with two attached hydrogens (primary N) is 1. The molecule has 0 saturated heterocycles. The summed E-state index contributed by atoms with van der Waals surface area (Å²) >= 11 is 0.